The molecule has 2 atom stereocenters. The Bertz CT molecular complexity index is 437. The summed E-state index contributed by atoms with van der Waals surface area (Å²) in [7, 11) is 0. The Morgan fingerprint density at radius 2 is 2.11 bits per heavy atom. The summed E-state index contributed by atoms with van der Waals surface area (Å²) in [6, 6.07) is 5.05. The molecule has 0 amide bonds. The molecule has 0 saturated heterocycles. The molecule has 3 nitrogen and oxygen atoms in total. The Balaban J connectivity index is 2.58. The molecule has 0 radical (unpaired) electrons. The molecule has 0 heterocycles. The summed E-state index contributed by atoms with van der Waals surface area (Å²) in [5.41, 5.74) is 6.97. The molecule has 0 aliphatic carbocycles. The van der Waals surface area contributed by atoms with Crippen molar-refractivity contribution in [3.05, 3.63) is 33.8 Å². The first kappa shape index (κ1) is 16.3. The van der Waals surface area contributed by atoms with Crippen molar-refractivity contribution in [2.24, 2.45) is 11.7 Å². The van der Waals surface area contributed by atoms with E-state index in [-0.39, 0.29) is 17.9 Å². The molecule has 0 bridgehead atoms. The Labute approximate surface area is 124 Å². The van der Waals surface area contributed by atoms with Crippen LogP contribution in [-0.2, 0) is 9.53 Å². The van der Waals surface area contributed by atoms with Gasteiger partial charge in [0.25, 0.3) is 0 Å². The molecule has 1 rings (SSSR count). The Morgan fingerprint density at radius 3 is 2.68 bits per heavy atom. The highest BCUT2D eigenvalue weighted by Gasteiger charge is 2.17. The van der Waals surface area contributed by atoms with Gasteiger partial charge in [-0.3, -0.25) is 4.79 Å². The van der Waals surface area contributed by atoms with Gasteiger partial charge >= 0.3 is 5.97 Å². The van der Waals surface area contributed by atoms with Crippen molar-refractivity contribution in [3.63, 3.8) is 0 Å². The lowest BCUT2D eigenvalue weighted by Gasteiger charge is -2.18. The summed E-state index contributed by atoms with van der Waals surface area (Å²) in [5, 5.41) is 1.14. The predicted molar refractivity (Wildman–Crippen MR) is 78.4 cm³/mol. The van der Waals surface area contributed by atoms with E-state index in [1.807, 2.05) is 13.0 Å². The number of hydrogen-bond donors (Lipinski definition) is 1. The fourth-order valence-corrected chi connectivity index (χ4v) is 2.50. The topological polar surface area (TPSA) is 52.3 Å². The van der Waals surface area contributed by atoms with E-state index in [2.05, 4.69) is 0 Å². The fourth-order valence-electron chi connectivity index (χ4n) is 1.95. The van der Waals surface area contributed by atoms with Gasteiger partial charge in [-0.2, -0.15) is 0 Å². The molecule has 106 valence electrons. The Kier molecular flexibility index (Phi) is 6.63. The van der Waals surface area contributed by atoms with Gasteiger partial charge in [-0.15, -0.1) is 0 Å². The molecule has 1 aromatic rings. The molecule has 2 N–H and O–H groups in total. The van der Waals surface area contributed by atoms with Crippen LogP contribution in [0.25, 0.3) is 0 Å². The number of rotatable bonds is 6. The average molecular weight is 304 g/mol. The van der Waals surface area contributed by atoms with Gasteiger partial charge in [0.05, 0.1) is 6.61 Å². The Hall–Kier alpha value is -0.770. The third kappa shape index (κ3) is 5.39. The van der Waals surface area contributed by atoms with Crippen molar-refractivity contribution >= 4 is 29.2 Å². The first-order chi connectivity index (χ1) is 8.93. The van der Waals surface area contributed by atoms with Gasteiger partial charge in [-0.05, 0) is 37.0 Å². The standard InChI is InChI=1S/C14H19Cl2NO2/c1-3-19-14(18)7-9(2)6-13(17)11-5-4-10(15)8-12(11)16/h4-5,8-9,13H,3,6-7,17H2,1-2H3. The van der Waals surface area contributed by atoms with E-state index in [0.29, 0.717) is 29.5 Å². The van der Waals surface area contributed by atoms with Crippen molar-refractivity contribution in [2.75, 3.05) is 6.61 Å². The van der Waals surface area contributed by atoms with Crippen LogP contribution in [-0.4, -0.2) is 12.6 Å². The second-order valence-corrected chi connectivity index (χ2v) is 5.47. The highest BCUT2D eigenvalue weighted by molar-refractivity contribution is 6.35. The maximum atomic E-state index is 11.4. The monoisotopic (exact) mass is 303 g/mol. The van der Waals surface area contributed by atoms with E-state index in [0.717, 1.165) is 5.56 Å². The number of carbonyl (C=O) groups is 1. The number of esters is 1. The first-order valence-corrected chi connectivity index (χ1v) is 7.05. The highest BCUT2D eigenvalue weighted by atomic mass is 35.5. The van der Waals surface area contributed by atoms with Gasteiger partial charge in [-0.1, -0.05) is 36.2 Å². The SMILES string of the molecule is CCOC(=O)CC(C)CC(N)c1ccc(Cl)cc1Cl. The minimum atomic E-state index is -0.214. The van der Waals surface area contributed by atoms with Crippen molar-refractivity contribution < 1.29 is 9.53 Å². The molecule has 0 aliphatic rings. The molecule has 0 fully saturated rings. The van der Waals surface area contributed by atoms with Crippen molar-refractivity contribution in [3.8, 4) is 0 Å². The molecule has 0 aliphatic heterocycles. The van der Waals surface area contributed by atoms with Crippen LogP contribution in [0, 0.1) is 5.92 Å². The van der Waals surface area contributed by atoms with E-state index in [1.165, 1.54) is 0 Å². The summed E-state index contributed by atoms with van der Waals surface area (Å²) in [6.45, 7) is 4.17. The molecule has 0 saturated carbocycles. The van der Waals surface area contributed by atoms with Gasteiger partial charge in [0, 0.05) is 22.5 Å². The third-order valence-electron chi connectivity index (χ3n) is 2.84. The average Bonchev–Trinajstić information content (AvgIpc) is 2.28. The summed E-state index contributed by atoms with van der Waals surface area (Å²) in [5.74, 6) is -0.0507. The van der Waals surface area contributed by atoms with Gasteiger partial charge in [-0.25, -0.2) is 0 Å². The summed E-state index contributed by atoms with van der Waals surface area (Å²) < 4.78 is 4.92. The lowest BCUT2D eigenvalue weighted by molar-refractivity contribution is -0.144. The quantitative estimate of drug-likeness (QED) is 0.809. The molecular formula is C14H19Cl2NO2. The van der Waals surface area contributed by atoms with E-state index in [9.17, 15) is 4.79 Å². The summed E-state index contributed by atoms with van der Waals surface area (Å²) in [6.07, 6.45) is 1.03. The zero-order chi connectivity index (χ0) is 14.4. The second-order valence-electron chi connectivity index (χ2n) is 4.62. The molecule has 5 heteroatoms. The van der Waals surface area contributed by atoms with Gasteiger partial charge in [0.2, 0.25) is 0 Å². The number of hydrogen-bond acceptors (Lipinski definition) is 3. The van der Waals surface area contributed by atoms with Crippen LogP contribution in [0.4, 0.5) is 0 Å². The predicted octanol–water partition coefficient (Wildman–Crippen LogP) is 3.97. The molecule has 0 aromatic heterocycles. The van der Waals surface area contributed by atoms with Crippen LogP contribution in [0.15, 0.2) is 18.2 Å². The maximum absolute atomic E-state index is 11.4. The molecule has 0 spiro atoms. The molecular weight excluding hydrogens is 285 g/mol. The third-order valence-corrected chi connectivity index (χ3v) is 3.40. The van der Waals surface area contributed by atoms with Crippen LogP contribution < -0.4 is 5.73 Å². The minimum Gasteiger partial charge on any atom is -0.466 e. The van der Waals surface area contributed by atoms with E-state index in [4.69, 9.17) is 33.7 Å². The zero-order valence-corrected chi connectivity index (χ0v) is 12.7. The van der Waals surface area contributed by atoms with Gasteiger partial charge in [0.1, 0.15) is 0 Å². The van der Waals surface area contributed by atoms with E-state index in [1.54, 1.807) is 19.1 Å². The van der Waals surface area contributed by atoms with Crippen LogP contribution in [0.2, 0.25) is 10.0 Å². The van der Waals surface area contributed by atoms with Crippen LogP contribution in [0.3, 0.4) is 0 Å². The number of ether oxygens (including phenoxy) is 1. The minimum absolute atomic E-state index is 0.140. The number of halogens is 2. The van der Waals surface area contributed by atoms with Crippen molar-refractivity contribution in [1.29, 1.82) is 0 Å². The Morgan fingerprint density at radius 1 is 1.42 bits per heavy atom. The maximum Gasteiger partial charge on any atom is 0.306 e. The van der Waals surface area contributed by atoms with Gasteiger partial charge < -0.3 is 10.5 Å². The molecule has 19 heavy (non-hydrogen) atoms. The smallest absolute Gasteiger partial charge is 0.306 e. The van der Waals surface area contributed by atoms with Crippen LogP contribution in [0.5, 0.6) is 0 Å². The molecule has 2 unspecified atom stereocenters. The molecule has 1 aromatic carbocycles. The van der Waals surface area contributed by atoms with Crippen molar-refractivity contribution in [1.82, 2.24) is 0 Å². The fraction of sp³-hybridized carbons (Fsp3) is 0.500. The van der Waals surface area contributed by atoms with Crippen molar-refractivity contribution in [2.45, 2.75) is 32.7 Å². The second kappa shape index (κ2) is 7.73. The first-order valence-electron chi connectivity index (χ1n) is 6.30. The zero-order valence-electron chi connectivity index (χ0n) is 11.2. The highest BCUT2D eigenvalue weighted by Crippen LogP contribution is 2.29. The number of nitrogens with two attached hydrogens (primary N) is 1. The number of benzene rings is 1. The van der Waals surface area contributed by atoms with Crippen LogP contribution in [0.1, 0.15) is 38.3 Å². The number of carbonyl (C=O) groups excluding carboxylic acids is 1. The lowest BCUT2D eigenvalue weighted by Crippen LogP contribution is -2.17. The summed E-state index contributed by atoms with van der Waals surface area (Å²) in [4.78, 5) is 11.4. The van der Waals surface area contributed by atoms with E-state index < -0.39 is 0 Å². The lowest BCUT2D eigenvalue weighted by atomic mass is 9.94. The largest absolute Gasteiger partial charge is 0.466 e. The van der Waals surface area contributed by atoms with Gasteiger partial charge in [0.15, 0.2) is 0 Å². The summed E-state index contributed by atoms with van der Waals surface area (Å²) >= 11 is 12.0. The van der Waals surface area contributed by atoms with E-state index >= 15 is 0 Å². The normalized spacial score (nSPS) is 13.9. The van der Waals surface area contributed by atoms with Crippen LogP contribution >= 0.6 is 23.2 Å².